The minimum absolute atomic E-state index is 0.303. The summed E-state index contributed by atoms with van der Waals surface area (Å²) >= 11 is 0. The van der Waals surface area contributed by atoms with Gasteiger partial charge in [-0.15, -0.1) is 0 Å². The number of nitrogens with zero attached hydrogens (tertiary/aromatic N) is 1. The number of rotatable bonds is 8. The van der Waals surface area contributed by atoms with Crippen molar-refractivity contribution in [3.05, 3.63) is 77.4 Å². The molecule has 0 saturated carbocycles. The first-order valence-electron chi connectivity index (χ1n) is 13.4. The zero-order valence-electron chi connectivity index (χ0n) is 24.3. The highest BCUT2D eigenvalue weighted by Gasteiger charge is 2.40. The van der Waals surface area contributed by atoms with Gasteiger partial charge in [0.1, 0.15) is 18.2 Å². The molecule has 1 atom stereocenters. The first-order valence-corrected chi connectivity index (χ1v) is 13.4. The summed E-state index contributed by atoms with van der Waals surface area (Å²) in [6.45, 7) is 14.7. The number of carbonyl (C=O) groups excluding carboxylic acids is 3. The zero-order valence-corrected chi connectivity index (χ0v) is 24.3. The number of amides is 3. The summed E-state index contributed by atoms with van der Waals surface area (Å²) < 4.78 is 5.32. The van der Waals surface area contributed by atoms with Crippen molar-refractivity contribution in [1.82, 2.24) is 10.2 Å². The Balaban J connectivity index is 2.02. The van der Waals surface area contributed by atoms with Crippen molar-refractivity contribution in [3.8, 4) is 0 Å². The molecule has 0 aliphatic carbocycles. The van der Waals surface area contributed by atoms with Crippen LogP contribution in [0.15, 0.2) is 60.7 Å². The van der Waals surface area contributed by atoms with Crippen LogP contribution in [0.1, 0.15) is 70.7 Å². The van der Waals surface area contributed by atoms with E-state index in [2.05, 4.69) is 10.6 Å². The molecule has 0 spiro atoms. The van der Waals surface area contributed by atoms with Crippen LogP contribution < -0.4 is 10.6 Å². The number of carbonyl (C=O) groups is 3. The van der Waals surface area contributed by atoms with Crippen LogP contribution in [-0.4, -0.2) is 40.5 Å². The van der Waals surface area contributed by atoms with Gasteiger partial charge in [0.25, 0.3) is 5.91 Å². The van der Waals surface area contributed by atoms with Crippen LogP contribution in [0.5, 0.6) is 0 Å². The highest BCUT2D eigenvalue weighted by atomic mass is 16.6. The third kappa shape index (κ3) is 7.59. The summed E-state index contributed by atoms with van der Waals surface area (Å²) in [5, 5.41) is 7.70. The number of hydrogen-bond acceptors (Lipinski definition) is 4. The van der Waals surface area contributed by atoms with Gasteiger partial charge in [0.05, 0.1) is 0 Å². The maximum atomic E-state index is 14.1. The molecule has 3 amide bonds. The van der Waals surface area contributed by atoms with Crippen LogP contribution in [0.25, 0.3) is 10.8 Å². The summed E-state index contributed by atoms with van der Waals surface area (Å²) in [6, 6.07) is 18.6. The number of ether oxygens (including phenoxy) is 1. The van der Waals surface area contributed by atoms with Gasteiger partial charge in [0.15, 0.2) is 0 Å². The van der Waals surface area contributed by atoms with Crippen molar-refractivity contribution in [1.29, 1.82) is 0 Å². The number of anilines is 1. The van der Waals surface area contributed by atoms with Crippen LogP contribution in [0.2, 0.25) is 0 Å². The lowest BCUT2D eigenvalue weighted by Gasteiger charge is -2.43. The molecule has 208 valence electrons. The van der Waals surface area contributed by atoms with Gasteiger partial charge < -0.3 is 20.3 Å². The maximum absolute atomic E-state index is 14.1. The minimum atomic E-state index is -0.931. The molecule has 3 aromatic carbocycles. The largest absolute Gasteiger partial charge is 0.444 e. The molecular formula is C32H41N3O4. The third-order valence-electron chi connectivity index (χ3n) is 6.81. The molecule has 0 heterocycles. The molecule has 0 bridgehead atoms. The fourth-order valence-corrected chi connectivity index (χ4v) is 4.56. The van der Waals surface area contributed by atoms with E-state index in [1.54, 1.807) is 25.7 Å². The van der Waals surface area contributed by atoms with Gasteiger partial charge in [0.2, 0.25) is 5.91 Å². The average molecular weight is 532 g/mol. The average Bonchev–Trinajstić information content (AvgIpc) is 2.85. The van der Waals surface area contributed by atoms with E-state index in [4.69, 9.17) is 4.74 Å². The standard InChI is InChI=1S/C32H41N3O4/c1-9-32(7,8)35(27(36)20-33-30(38)39-31(4,5)6)28(26-17-14-21(2)18-22(26)3)29(37)34-25-16-15-23-12-10-11-13-24(23)19-25/h10-19,28H,9,20H2,1-8H3,(H,33,38)(H,34,37). The Hall–Kier alpha value is -3.87. The number of benzene rings is 3. The van der Waals surface area contributed by atoms with Crippen LogP contribution in [0.3, 0.4) is 0 Å². The second-order valence-corrected chi connectivity index (χ2v) is 11.6. The predicted molar refractivity (Wildman–Crippen MR) is 157 cm³/mol. The van der Waals surface area contributed by atoms with Crippen molar-refractivity contribution in [3.63, 3.8) is 0 Å². The molecule has 7 nitrogen and oxygen atoms in total. The highest BCUT2D eigenvalue weighted by molar-refractivity contribution is 6.00. The van der Waals surface area contributed by atoms with Gasteiger partial charge in [-0.1, -0.05) is 61.0 Å². The van der Waals surface area contributed by atoms with Gasteiger partial charge >= 0.3 is 6.09 Å². The molecule has 0 radical (unpaired) electrons. The topological polar surface area (TPSA) is 87.7 Å². The van der Waals surface area contributed by atoms with E-state index in [9.17, 15) is 14.4 Å². The first-order chi connectivity index (χ1) is 18.2. The van der Waals surface area contributed by atoms with Crippen molar-refractivity contribution < 1.29 is 19.1 Å². The zero-order chi connectivity index (χ0) is 29.0. The van der Waals surface area contributed by atoms with Crippen LogP contribution in [-0.2, 0) is 14.3 Å². The SMILES string of the molecule is CCC(C)(C)N(C(=O)CNC(=O)OC(C)(C)C)C(C(=O)Nc1ccc2ccccc2c1)c1ccc(C)cc1C. The molecule has 1 unspecified atom stereocenters. The highest BCUT2D eigenvalue weighted by Crippen LogP contribution is 2.34. The number of hydrogen-bond donors (Lipinski definition) is 2. The fourth-order valence-electron chi connectivity index (χ4n) is 4.56. The van der Waals surface area contributed by atoms with E-state index >= 15 is 0 Å². The van der Waals surface area contributed by atoms with E-state index in [1.165, 1.54) is 0 Å². The molecule has 0 saturated heterocycles. The summed E-state index contributed by atoms with van der Waals surface area (Å²) in [5.74, 6) is -0.712. The van der Waals surface area contributed by atoms with Gasteiger partial charge in [-0.25, -0.2) is 4.79 Å². The third-order valence-corrected chi connectivity index (χ3v) is 6.81. The molecule has 39 heavy (non-hydrogen) atoms. The van der Waals surface area contributed by atoms with E-state index in [0.717, 1.165) is 27.5 Å². The molecule has 3 rings (SSSR count). The maximum Gasteiger partial charge on any atom is 0.408 e. The van der Waals surface area contributed by atoms with E-state index in [-0.39, 0.29) is 18.4 Å². The smallest absolute Gasteiger partial charge is 0.408 e. The van der Waals surface area contributed by atoms with Gasteiger partial charge in [-0.05, 0) is 88.9 Å². The minimum Gasteiger partial charge on any atom is -0.444 e. The summed E-state index contributed by atoms with van der Waals surface area (Å²) in [5.41, 5.74) is 1.93. The van der Waals surface area contributed by atoms with E-state index in [1.807, 2.05) is 95.3 Å². The van der Waals surface area contributed by atoms with Crippen LogP contribution in [0.4, 0.5) is 10.5 Å². The lowest BCUT2D eigenvalue weighted by atomic mass is 9.90. The number of nitrogens with one attached hydrogen (secondary N) is 2. The summed E-state index contributed by atoms with van der Waals surface area (Å²) in [7, 11) is 0. The van der Waals surface area contributed by atoms with Crippen LogP contribution in [0, 0.1) is 13.8 Å². The molecule has 0 aliphatic heterocycles. The van der Waals surface area contributed by atoms with Crippen molar-refractivity contribution in [2.75, 3.05) is 11.9 Å². The monoisotopic (exact) mass is 531 g/mol. The Bertz CT molecular complexity index is 1360. The second kappa shape index (κ2) is 11.9. The summed E-state index contributed by atoms with van der Waals surface area (Å²) in [6.07, 6.45) is -0.0932. The lowest BCUT2D eigenvalue weighted by Crippen LogP contribution is -2.55. The molecular weight excluding hydrogens is 490 g/mol. The van der Waals surface area contributed by atoms with Gasteiger partial charge in [-0.3, -0.25) is 9.59 Å². The van der Waals surface area contributed by atoms with Crippen LogP contribution >= 0.6 is 0 Å². The van der Waals surface area contributed by atoms with Crippen molar-refractivity contribution in [2.24, 2.45) is 0 Å². The molecule has 7 heteroatoms. The Labute approximate surface area is 231 Å². The predicted octanol–water partition coefficient (Wildman–Crippen LogP) is 6.68. The van der Waals surface area contributed by atoms with E-state index < -0.39 is 23.3 Å². The molecule has 0 fully saturated rings. The van der Waals surface area contributed by atoms with Gasteiger partial charge in [-0.2, -0.15) is 0 Å². The van der Waals surface area contributed by atoms with Gasteiger partial charge in [0, 0.05) is 11.2 Å². The molecule has 3 aromatic rings. The first kappa shape index (κ1) is 29.7. The number of alkyl carbamates (subject to hydrolysis) is 1. The quantitative estimate of drug-likeness (QED) is 0.339. The lowest BCUT2D eigenvalue weighted by molar-refractivity contribution is -0.145. The molecule has 2 N–H and O–H groups in total. The van der Waals surface area contributed by atoms with E-state index in [0.29, 0.717) is 12.1 Å². The Morgan fingerprint density at radius 3 is 2.18 bits per heavy atom. The fraction of sp³-hybridized carbons (Fsp3) is 0.406. The Morgan fingerprint density at radius 1 is 0.897 bits per heavy atom. The normalized spacial score (nSPS) is 12.5. The second-order valence-electron chi connectivity index (χ2n) is 11.6. The summed E-state index contributed by atoms with van der Waals surface area (Å²) in [4.78, 5) is 41.9. The number of aryl methyl sites for hydroxylation is 2. The van der Waals surface area contributed by atoms with Crippen molar-refractivity contribution >= 4 is 34.4 Å². The van der Waals surface area contributed by atoms with Crippen molar-refractivity contribution in [2.45, 2.75) is 79.0 Å². The Morgan fingerprint density at radius 2 is 1.56 bits per heavy atom. The number of fused-ring (bicyclic) bond motifs is 1. The Kier molecular flexibility index (Phi) is 9.05. The molecule has 0 aliphatic rings. The molecule has 0 aromatic heterocycles.